The summed E-state index contributed by atoms with van der Waals surface area (Å²) >= 11 is 0. The van der Waals surface area contributed by atoms with E-state index in [4.69, 9.17) is 15.6 Å². The van der Waals surface area contributed by atoms with Crippen molar-refractivity contribution in [2.75, 3.05) is 6.61 Å². The Bertz CT molecular complexity index is 378. The maximum absolute atomic E-state index is 10.7. The Morgan fingerprint density at radius 3 is 3.00 bits per heavy atom. The molecule has 0 aliphatic carbocycles. The van der Waals surface area contributed by atoms with Crippen molar-refractivity contribution >= 4 is 5.97 Å². The molecule has 0 amide bonds. The second-order valence-electron chi connectivity index (χ2n) is 3.75. The molecule has 0 unspecified atom stereocenters. The Kier molecular flexibility index (Phi) is 2.60. The zero-order valence-corrected chi connectivity index (χ0v) is 8.22. The molecule has 1 heterocycles. The number of nitrogens with two attached hydrogens (primary N) is 1. The Morgan fingerprint density at radius 1 is 1.53 bits per heavy atom. The van der Waals surface area contributed by atoms with Crippen molar-refractivity contribution in [1.29, 1.82) is 0 Å². The van der Waals surface area contributed by atoms with Crippen LogP contribution in [0.3, 0.4) is 0 Å². The number of benzene rings is 1. The highest BCUT2D eigenvalue weighted by molar-refractivity contribution is 5.73. The minimum atomic E-state index is -0.969. The summed E-state index contributed by atoms with van der Waals surface area (Å²) in [6.45, 7) is 0.379. The van der Waals surface area contributed by atoms with Crippen LogP contribution in [0.2, 0.25) is 0 Å². The van der Waals surface area contributed by atoms with Crippen molar-refractivity contribution in [3.05, 3.63) is 29.8 Å². The van der Waals surface area contributed by atoms with E-state index in [1.807, 2.05) is 24.3 Å². The first kappa shape index (κ1) is 9.98. The fourth-order valence-electron chi connectivity index (χ4n) is 1.78. The van der Waals surface area contributed by atoms with Gasteiger partial charge in [0.15, 0.2) is 0 Å². The first-order valence-electron chi connectivity index (χ1n) is 4.87. The standard InChI is InChI=1S/C11H13NO3/c12-10(11(13)14)8-5-7-3-1-2-4-9(7)15-6-8/h1-4,8,10H,5-6,12H2,(H,13,14)/t8-,10-/m1/s1. The second kappa shape index (κ2) is 3.90. The lowest BCUT2D eigenvalue weighted by Gasteiger charge is -2.27. The van der Waals surface area contributed by atoms with Crippen LogP contribution in [0, 0.1) is 5.92 Å². The second-order valence-corrected chi connectivity index (χ2v) is 3.75. The van der Waals surface area contributed by atoms with Crippen LogP contribution in [0.4, 0.5) is 0 Å². The molecule has 4 heteroatoms. The van der Waals surface area contributed by atoms with E-state index >= 15 is 0 Å². The van der Waals surface area contributed by atoms with E-state index in [1.54, 1.807) is 0 Å². The van der Waals surface area contributed by atoms with Gasteiger partial charge < -0.3 is 15.6 Å². The molecule has 0 aromatic heterocycles. The van der Waals surface area contributed by atoms with E-state index in [9.17, 15) is 4.79 Å². The lowest BCUT2D eigenvalue weighted by molar-refractivity contribution is -0.140. The van der Waals surface area contributed by atoms with Gasteiger partial charge in [-0.1, -0.05) is 18.2 Å². The highest BCUT2D eigenvalue weighted by atomic mass is 16.5. The monoisotopic (exact) mass is 207 g/mol. The number of carboxylic acid groups (broad SMARTS) is 1. The minimum absolute atomic E-state index is 0.141. The number of ether oxygens (including phenoxy) is 1. The first-order valence-corrected chi connectivity index (χ1v) is 4.87. The van der Waals surface area contributed by atoms with E-state index in [0.717, 1.165) is 11.3 Å². The quantitative estimate of drug-likeness (QED) is 0.746. The molecular weight excluding hydrogens is 194 g/mol. The van der Waals surface area contributed by atoms with Crippen LogP contribution in [-0.4, -0.2) is 23.7 Å². The molecule has 2 atom stereocenters. The summed E-state index contributed by atoms with van der Waals surface area (Å²) in [5.74, 6) is -0.272. The van der Waals surface area contributed by atoms with E-state index in [1.165, 1.54) is 0 Å². The average molecular weight is 207 g/mol. The summed E-state index contributed by atoms with van der Waals surface area (Å²) in [7, 11) is 0. The largest absolute Gasteiger partial charge is 0.493 e. The summed E-state index contributed by atoms with van der Waals surface area (Å²) < 4.78 is 5.46. The highest BCUT2D eigenvalue weighted by Crippen LogP contribution is 2.27. The Balaban J connectivity index is 2.15. The van der Waals surface area contributed by atoms with Crippen LogP contribution in [0.1, 0.15) is 5.56 Å². The molecule has 0 saturated carbocycles. The van der Waals surface area contributed by atoms with Gasteiger partial charge in [-0.3, -0.25) is 4.79 Å². The molecule has 15 heavy (non-hydrogen) atoms. The molecule has 0 bridgehead atoms. The maximum Gasteiger partial charge on any atom is 0.320 e. The summed E-state index contributed by atoms with van der Waals surface area (Å²) in [4.78, 5) is 10.7. The van der Waals surface area contributed by atoms with Gasteiger partial charge in [-0.05, 0) is 18.1 Å². The average Bonchev–Trinajstić information content (AvgIpc) is 2.27. The summed E-state index contributed by atoms with van der Waals surface area (Å²) in [6, 6.07) is 6.79. The van der Waals surface area contributed by atoms with Gasteiger partial charge >= 0.3 is 5.97 Å². The van der Waals surface area contributed by atoms with Gasteiger partial charge in [-0.25, -0.2) is 0 Å². The van der Waals surface area contributed by atoms with Crippen LogP contribution in [0.15, 0.2) is 24.3 Å². The van der Waals surface area contributed by atoms with Crippen molar-refractivity contribution in [2.45, 2.75) is 12.5 Å². The number of aliphatic carboxylic acids is 1. The smallest absolute Gasteiger partial charge is 0.320 e. The molecule has 1 aliphatic rings. The fourth-order valence-corrected chi connectivity index (χ4v) is 1.78. The predicted octanol–water partition coefficient (Wildman–Crippen LogP) is 0.650. The van der Waals surface area contributed by atoms with Crippen LogP contribution in [0.25, 0.3) is 0 Å². The van der Waals surface area contributed by atoms with Gasteiger partial charge in [-0.15, -0.1) is 0 Å². The minimum Gasteiger partial charge on any atom is -0.493 e. The number of para-hydroxylation sites is 1. The SMILES string of the molecule is N[C@@H](C(=O)O)[C@H]1COc2ccccc2C1. The molecular formula is C11H13NO3. The van der Waals surface area contributed by atoms with E-state index in [2.05, 4.69) is 0 Å². The van der Waals surface area contributed by atoms with Crippen LogP contribution in [-0.2, 0) is 11.2 Å². The van der Waals surface area contributed by atoms with Gasteiger partial charge in [0.05, 0.1) is 6.61 Å². The van der Waals surface area contributed by atoms with Crippen LogP contribution < -0.4 is 10.5 Å². The molecule has 0 fully saturated rings. The number of rotatable bonds is 2. The molecule has 1 aliphatic heterocycles. The fraction of sp³-hybridized carbons (Fsp3) is 0.364. The first-order chi connectivity index (χ1) is 7.18. The molecule has 1 aromatic carbocycles. The van der Waals surface area contributed by atoms with Gasteiger partial charge in [0.1, 0.15) is 11.8 Å². The van der Waals surface area contributed by atoms with Crippen LogP contribution in [0.5, 0.6) is 5.75 Å². The maximum atomic E-state index is 10.7. The van der Waals surface area contributed by atoms with Gasteiger partial charge in [0.2, 0.25) is 0 Å². The molecule has 2 rings (SSSR count). The van der Waals surface area contributed by atoms with E-state index < -0.39 is 12.0 Å². The molecule has 4 nitrogen and oxygen atoms in total. The molecule has 80 valence electrons. The normalized spacial score (nSPS) is 21.3. The van der Waals surface area contributed by atoms with Gasteiger partial charge in [0, 0.05) is 5.92 Å². The molecule has 0 radical (unpaired) electrons. The number of hydrogen-bond acceptors (Lipinski definition) is 3. The molecule has 0 saturated heterocycles. The van der Waals surface area contributed by atoms with Crippen LogP contribution >= 0.6 is 0 Å². The zero-order valence-electron chi connectivity index (χ0n) is 8.22. The highest BCUT2D eigenvalue weighted by Gasteiger charge is 2.29. The molecule has 0 spiro atoms. The number of hydrogen-bond donors (Lipinski definition) is 2. The van der Waals surface area contributed by atoms with Crippen molar-refractivity contribution in [3.63, 3.8) is 0 Å². The summed E-state index contributed by atoms with van der Waals surface area (Å²) in [5.41, 5.74) is 6.60. The Hall–Kier alpha value is -1.55. The lowest BCUT2D eigenvalue weighted by Crippen LogP contribution is -2.43. The van der Waals surface area contributed by atoms with E-state index in [0.29, 0.717) is 13.0 Å². The summed E-state index contributed by atoms with van der Waals surface area (Å²) in [6.07, 6.45) is 0.670. The number of carboxylic acids is 1. The Labute approximate surface area is 87.7 Å². The van der Waals surface area contributed by atoms with E-state index in [-0.39, 0.29) is 5.92 Å². The predicted molar refractivity (Wildman–Crippen MR) is 54.7 cm³/mol. The van der Waals surface area contributed by atoms with Crippen molar-refractivity contribution in [3.8, 4) is 5.75 Å². The van der Waals surface area contributed by atoms with Crippen molar-refractivity contribution in [1.82, 2.24) is 0 Å². The molecule has 1 aromatic rings. The van der Waals surface area contributed by atoms with Gasteiger partial charge in [0.25, 0.3) is 0 Å². The third kappa shape index (κ3) is 1.94. The summed E-state index contributed by atoms with van der Waals surface area (Å²) in [5, 5.41) is 8.80. The van der Waals surface area contributed by atoms with Gasteiger partial charge in [-0.2, -0.15) is 0 Å². The molecule has 3 N–H and O–H groups in total. The van der Waals surface area contributed by atoms with Crippen molar-refractivity contribution < 1.29 is 14.6 Å². The number of fused-ring (bicyclic) bond motifs is 1. The van der Waals surface area contributed by atoms with Crippen molar-refractivity contribution in [2.24, 2.45) is 11.7 Å². The number of carbonyl (C=O) groups is 1. The third-order valence-electron chi connectivity index (χ3n) is 2.70. The zero-order chi connectivity index (χ0) is 10.8. The topological polar surface area (TPSA) is 72.6 Å². The third-order valence-corrected chi connectivity index (χ3v) is 2.70. The lowest BCUT2D eigenvalue weighted by atomic mass is 9.91. The Morgan fingerprint density at radius 2 is 2.27 bits per heavy atom.